The van der Waals surface area contributed by atoms with Gasteiger partial charge in [0.15, 0.2) is 0 Å². The fraction of sp³-hybridized carbons (Fsp3) is 0.500. The minimum Gasteiger partial charge on any atom is -0.493 e. The molecule has 0 unspecified atom stereocenters. The van der Waals surface area contributed by atoms with Crippen molar-refractivity contribution >= 4 is 5.91 Å². The summed E-state index contributed by atoms with van der Waals surface area (Å²) in [6.45, 7) is 5.45. The van der Waals surface area contributed by atoms with E-state index in [9.17, 15) is 9.18 Å². The number of amides is 1. The molecule has 1 amide bonds. The van der Waals surface area contributed by atoms with Gasteiger partial charge in [0.25, 0.3) is 0 Å². The molecule has 0 radical (unpaired) electrons. The van der Waals surface area contributed by atoms with Crippen molar-refractivity contribution in [3.8, 4) is 5.75 Å². The van der Waals surface area contributed by atoms with Crippen molar-refractivity contribution in [1.29, 1.82) is 0 Å². The first-order valence-electron chi connectivity index (χ1n) is 8.59. The van der Waals surface area contributed by atoms with Gasteiger partial charge in [-0.05, 0) is 38.8 Å². The highest BCUT2D eigenvalue weighted by Gasteiger charge is 2.26. The molecule has 25 heavy (non-hydrogen) atoms. The lowest BCUT2D eigenvalue weighted by Crippen LogP contribution is -2.41. The molecule has 0 saturated carbocycles. The Morgan fingerprint density at radius 1 is 1.40 bits per heavy atom. The van der Waals surface area contributed by atoms with Gasteiger partial charge in [0, 0.05) is 19.2 Å². The van der Waals surface area contributed by atoms with Crippen LogP contribution in [0.2, 0.25) is 0 Å². The van der Waals surface area contributed by atoms with E-state index in [1.807, 2.05) is 23.4 Å². The predicted octanol–water partition coefficient (Wildman–Crippen LogP) is 2.67. The van der Waals surface area contributed by atoms with Gasteiger partial charge in [-0.1, -0.05) is 6.07 Å². The number of aromatic nitrogens is 3. The van der Waals surface area contributed by atoms with Crippen LogP contribution in [0.3, 0.4) is 0 Å². The van der Waals surface area contributed by atoms with E-state index in [1.165, 1.54) is 12.1 Å². The number of benzene rings is 1. The van der Waals surface area contributed by atoms with Gasteiger partial charge in [0.1, 0.15) is 23.2 Å². The maximum absolute atomic E-state index is 13.1. The number of aryl methyl sites for hydroxylation is 2. The smallest absolute Gasteiger partial charge is 0.226 e. The molecule has 2 aromatic rings. The number of hydrogen-bond donors (Lipinski definition) is 0. The maximum Gasteiger partial charge on any atom is 0.226 e. The maximum atomic E-state index is 13.1. The predicted molar refractivity (Wildman–Crippen MR) is 90.9 cm³/mol. The highest BCUT2D eigenvalue weighted by atomic mass is 19.1. The second-order valence-electron chi connectivity index (χ2n) is 6.34. The van der Waals surface area contributed by atoms with Crippen LogP contribution >= 0.6 is 0 Å². The zero-order chi connectivity index (χ0) is 17.8. The van der Waals surface area contributed by atoms with Crippen molar-refractivity contribution in [3.05, 3.63) is 41.7 Å². The van der Waals surface area contributed by atoms with Crippen molar-refractivity contribution in [3.63, 3.8) is 0 Å². The molecule has 1 atom stereocenters. The van der Waals surface area contributed by atoms with Crippen LogP contribution in [0.4, 0.5) is 4.39 Å². The number of hydrogen-bond acceptors (Lipinski definition) is 4. The van der Waals surface area contributed by atoms with E-state index in [4.69, 9.17) is 4.74 Å². The number of rotatable bonds is 5. The van der Waals surface area contributed by atoms with E-state index in [0.717, 1.165) is 31.0 Å². The van der Waals surface area contributed by atoms with Crippen LogP contribution in [0.25, 0.3) is 0 Å². The Kier molecular flexibility index (Phi) is 5.31. The molecule has 1 aliphatic rings. The number of piperidine rings is 1. The lowest BCUT2D eigenvalue weighted by molar-refractivity contribution is -0.133. The molecule has 1 fully saturated rings. The van der Waals surface area contributed by atoms with Crippen molar-refractivity contribution in [2.75, 3.05) is 19.7 Å². The summed E-state index contributed by atoms with van der Waals surface area (Å²) in [5.41, 5.74) is 0. The summed E-state index contributed by atoms with van der Waals surface area (Å²) in [6.07, 6.45) is 2.21. The van der Waals surface area contributed by atoms with Gasteiger partial charge < -0.3 is 9.64 Å². The second kappa shape index (κ2) is 7.63. The Balaban J connectivity index is 1.52. The molecule has 2 heterocycles. The van der Waals surface area contributed by atoms with Crippen LogP contribution in [-0.4, -0.2) is 45.3 Å². The lowest BCUT2D eigenvalue weighted by atomic mass is 10.1. The molecule has 6 nitrogen and oxygen atoms in total. The topological polar surface area (TPSA) is 60.2 Å². The molecular formula is C18H23FN4O2. The molecule has 7 heteroatoms. The van der Waals surface area contributed by atoms with Crippen LogP contribution < -0.4 is 4.74 Å². The van der Waals surface area contributed by atoms with Gasteiger partial charge in [0.05, 0.1) is 19.1 Å². The third-order valence-electron chi connectivity index (χ3n) is 4.38. The quantitative estimate of drug-likeness (QED) is 0.835. The summed E-state index contributed by atoms with van der Waals surface area (Å²) in [6, 6.07) is 6.12. The monoisotopic (exact) mass is 346 g/mol. The van der Waals surface area contributed by atoms with Crippen molar-refractivity contribution in [2.45, 2.75) is 39.2 Å². The average Bonchev–Trinajstić information content (AvgIpc) is 2.93. The number of nitrogens with zero attached hydrogens (tertiary/aromatic N) is 4. The number of carbonyl (C=O) groups is 1. The van der Waals surface area contributed by atoms with E-state index in [1.54, 1.807) is 12.1 Å². The minimum absolute atomic E-state index is 0.0515. The summed E-state index contributed by atoms with van der Waals surface area (Å²) in [5.74, 6) is 1.78. The van der Waals surface area contributed by atoms with E-state index < -0.39 is 0 Å². The first-order valence-corrected chi connectivity index (χ1v) is 8.59. The average molecular weight is 346 g/mol. The van der Waals surface area contributed by atoms with Crippen LogP contribution in [-0.2, 0) is 4.79 Å². The standard InChI is InChI=1S/C18H23FN4O2/c1-13-20-14(2)23(21-13)16-6-4-9-22(12-16)18(24)8-10-25-17-7-3-5-15(19)11-17/h3,5,7,11,16H,4,6,8-10,12H2,1-2H3/t16-/m0/s1. The number of carbonyl (C=O) groups excluding carboxylic acids is 1. The molecule has 1 aromatic heterocycles. The summed E-state index contributed by atoms with van der Waals surface area (Å²) >= 11 is 0. The van der Waals surface area contributed by atoms with Crippen LogP contribution in [0.5, 0.6) is 5.75 Å². The van der Waals surface area contributed by atoms with Crippen LogP contribution in [0.1, 0.15) is 37.0 Å². The van der Waals surface area contributed by atoms with Crippen molar-refractivity contribution in [1.82, 2.24) is 19.7 Å². The van der Waals surface area contributed by atoms with E-state index >= 15 is 0 Å². The first-order chi connectivity index (χ1) is 12.0. The summed E-state index contributed by atoms with van der Waals surface area (Å²) in [4.78, 5) is 18.7. The lowest BCUT2D eigenvalue weighted by Gasteiger charge is -2.33. The highest BCUT2D eigenvalue weighted by molar-refractivity contribution is 5.76. The Morgan fingerprint density at radius 2 is 2.24 bits per heavy atom. The molecule has 0 bridgehead atoms. The highest BCUT2D eigenvalue weighted by Crippen LogP contribution is 2.22. The Morgan fingerprint density at radius 3 is 2.96 bits per heavy atom. The minimum atomic E-state index is -0.346. The van der Waals surface area contributed by atoms with Gasteiger partial charge in [-0.15, -0.1) is 0 Å². The number of ether oxygens (including phenoxy) is 1. The third kappa shape index (κ3) is 4.35. The SMILES string of the molecule is Cc1nc(C)n([C@H]2CCCN(C(=O)CCOc3cccc(F)c3)C2)n1. The summed E-state index contributed by atoms with van der Waals surface area (Å²) in [7, 11) is 0. The molecule has 0 aliphatic carbocycles. The van der Waals surface area contributed by atoms with E-state index in [2.05, 4.69) is 10.1 Å². The molecule has 1 saturated heterocycles. The third-order valence-corrected chi connectivity index (χ3v) is 4.38. The van der Waals surface area contributed by atoms with E-state index in [-0.39, 0.29) is 30.8 Å². The second-order valence-corrected chi connectivity index (χ2v) is 6.34. The summed E-state index contributed by atoms with van der Waals surface area (Å²) < 4.78 is 20.5. The molecule has 1 aliphatic heterocycles. The molecule has 134 valence electrons. The van der Waals surface area contributed by atoms with E-state index in [0.29, 0.717) is 12.3 Å². The Hall–Kier alpha value is -2.44. The molecule has 0 N–H and O–H groups in total. The van der Waals surface area contributed by atoms with Gasteiger partial charge in [0.2, 0.25) is 5.91 Å². The number of halogens is 1. The fourth-order valence-corrected chi connectivity index (χ4v) is 3.23. The zero-order valence-corrected chi connectivity index (χ0v) is 14.6. The summed E-state index contributed by atoms with van der Waals surface area (Å²) in [5, 5.41) is 4.45. The van der Waals surface area contributed by atoms with Crippen molar-refractivity contribution in [2.24, 2.45) is 0 Å². The molecule has 1 aromatic carbocycles. The van der Waals surface area contributed by atoms with Crippen LogP contribution in [0, 0.1) is 19.7 Å². The normalized spacial score (nSPS) is 17.6. The molecule has 0 spiro atoms. The largest absolute Gasteiger partial charge is 0.493 e. The van der Waals surface area contributed by atoms with Gasteiger partial charge in [-0.3, -0.25) is 4.79 Å². The van der Waals surface area contributed by atoms with Gasteiger partial charge in [-0.2, -0.15) is 5.10 Å². The zero-order valence-electron chi connectivity index (χ0n) is 14.6. The van der Waals surface area contributed by atoms with Crippen LogP contribution in [0.15, 0.2) is 24.3 Å². The van der Waals surface area contributed by atoms with Gasteiger partial charge >= 0.3 is 0 Å². The Bertz CT molecular complexity index is 746. The first kappa shape index (κ1) is 17.4. The van der Waals surface area contributed by atoms with Crippen molar-refractivity contribution < 1.29 is 13.9 Å². The molecular weight excluding hydrogens is 323 g/mol. The molecule has 3 rings (SSSR count). The number of likely N-dealkylation sites (tertiary alicyclic amines) is 1. The fourth-order valence-electron chi connectivity index (χ4n) is 3.23. The Labute approximate surface area is 146 Å². The van der Waals surface area contributed by atoms with Gasteiger partial charge in [-0.25, -0.2) is 14.1 Å².